The number of pyridine rings is 2. The quantitative estimate of drug-likeness (QED) is 0.0391. The molecule has 2 aromatic carbocycles. The Balaban J connectivity index is 0.000000220. The highest BCUT2D eigenvalue weighted by Gasteiger charge is 2.10. The zero-order chi connectivity index (χ0) is 39.7. The topological polar surface area (TPSA) is 150 Å². The van der Waals surface area contributed by atoms with Crippen LogP contribution < -0.4 is 11.1 Å². The van der Waals surface area contributed by atoms with E-state index in [1.807, 2.05) is 61.2 Å². The number of fused-ring (bicyclic) bond motifs is 2. The second kappa shape index (κ2) is 21.6. The van der Waals surface area contributed by atoms with E-state index in [1.54, 1.807) is 12.1 Å². The second-order valence-corrected chi connectivity index (χ2v) is 14.4. The molecule has 1 amide bonds. The van der Waals surface area contributed by atoms with Gasteiger partial charge in [-0.2, -0.15) is 0 Å². The molecule has 0 aliphatic rings. The zero-order valence-corrected chi connectivity index (χ0v) is 33.3. The summed E-state index contributed by atoms with van der Waals surface area (Å²) in [6, 6.07) is 19.4. The molecule has 0 saturated heterocycles. The molecule has 6 N–H and O–H groups in total. The van der Waals surface area contributed by atoms with Gasteiger partial charge in [-0.25, -0.2) is 14.8 Å². The average Bonchev–Trinajstić information content (AvgIpc) is 3.87. The van der Waals surface area contributed by atoms with Crippen molar-refractivity contribution in [3.63, 3.8) is 0 Å². The van der Waals surface area contributed by atoms with Crippen molar-refractivity contribution in [3.05, 3.63) is 143 Å². The molecule has 6 aromatic rings. The van der Waals surface area contributed by atoms with Crippen molar-refractivity contribution in [2.75, 3.05) is 11.1 Å². The summed E-state index contributed by atoms with van der Waals surface area (Å²) in [7, 11) is 0. The van der Waals surface area contributed by atoms with Gasteiger partial charge in [0, 0.05) is 63.1 Å². The summed E-state index contributed by atoms with van der Waals surface area (Å²) < 4.78 is 0. The van der Waals surface area contributed by atoms with Crippen LogP contribution >= 0.6 is 47.6 Å². The Kier molecular flexibility index (Phi) is 16.7. The predicted octanol–water partition coefficient (Wildman–Crippen LogP) is 10.3. The van der Waals surface area contributed by atoms with E-state index in [0.29, 0.717) is 15.7 Å². The van der Waals surface area contributed by atoms with Crippen LogP contribution in [0.5, 0.6) is 0 Å². The van der Waals surface area contributed by atoms with Crippen molar-refractivity contribution in [2.45, 2.75) is 51.4 Å². The third kappa shape index (κ3) is 13.6. The lowest BCUT2D eigenvalue weighted by molar-refractivity contribution is -0.131. The van der Waals surface area contributed by atoms with Crippen LogP contribution in [0.2, 0.25) is 10.0 Å². The van der Waals surface area contributed by atoms with Crippen molar-refractivity contribution >= 4 is 103 Å². The van der Waals surface area contributed by atoms with E-state index < -0.39 is 5.97 Å². The molecule has 9 nitrogen and oxygen atoms in total. The lowest BCUT2D eigenvalue weighted by Crippen LogP contribution is -2.10. The normalized spacial score (nSPS) is 10.4. The Hall–Kier alpha value is -5.20. The number of thiocarbonyl (C=S) groups is 2. The molecule has 4 aromatic heterocycles. The number of nitrogens with two attached hydrogens (primary N) is 1. The molecule has 4 heterocycles. The fraction of sp³-hybridized carbons (Fsp3) is 0.190. The SMILES string of the molecule is C=CC(=O)Nc1cc(Cl)ccc1CCC(=S)CCc1ccnc2[nH]ccc12.C=CC(=O)O.Nc1cc(Cl)ccc1CCC(=S)CCc1ccnc2[nH]ccc12. The minimum Gasteiger partial charge on any atom is -0.478 e. The lowest BCUT2D eigenvalue weighted by atomic mass is 10.0. The maximum absolute atomic E-state index is 11.6. The van der Waals surface area contributed by atoms with E-state index in [4.69, 9.17) is 58.5 Å². The van der Waals surface area contributed by atoms with Crippen molar-refractivity contribution in [1.82, 2.24) is 19.9 Å². The van der Waals surface area contributed by atoms with Gasteiger partial charge in [-0.3, -0.25) is 4.79 Å². The monoisotopic (exact) mass is 812 g/mol. The van der Waals surface area contributed by atoms with Gasteiger partial charge in [0.2, 0.25) is 5.91 Å². The molecule has 0 atom stereocenters. The number of amides is 1. The van der Waals surface area contributed by atoms with E-state index in [2.05, 4.69) is 50.5 Å². The number of aromatic nitrogens is 4. The molecule has 0 fully saturated rings. The van der Waals surface area contributed by atoms with Crippen LogP contribution in [0.25, 0.3) is 22.1 Å². The average molecular weight is 814 g/mol. The number of anilines is 2. The van der Waals surface area contributed by atoms with Gasteiger partial charge in [-0.15, -0.1) is 0 Å². The number of nitrogens with zero attached hydrogens (tertiary/aromatic N) is 2. The molecule has 13 heteroatoms. The Morgan fingerprint density at radius 1 is 0.709 bits per heavy atom. The highest BCUT2D eigenvalue weighted by Crippen LogP contribution is 2.24. The minimum atomic E-state index is -0.981. The smallest absolute Gasteiger partial charge is 0.327 e. The first-order valence-electron chi connectivity index (χ1n) is 17.4. The van der Waals surface area contributed by atoms with Crippen LogP contribution in [-0.4, -0.2) is 46.6 Å². The first kappa shape index (κ1) is 42.5. The Morgan fingerprint density at radius 2 is 1.16 bits per heavy atom. The van der Waals surface area contributed by atoms with Crippen LogP contribution in [0, 0.1) is 0 Å². The molecular formula is C42H42Cl2N6O3S2. The second-order valence-electron chi connectivity index (χ2n) is 12.4. The molecule has 284 valence electrons. The minimum absolute atomic E-state index is 0.255. The van der Waals surface area contributed by atoms with Gasteiger partial charge < -0.3 is 26.1 Å². The van der Waals surface area contributed by atoms with Crippen molar-refractivity contribution in [2.24, 2.45) is 0 Å². The van der Waals surface area contributed by atoms with Crippen molar-refractivity contribution < 1.29 is 14.7 Å². The van der Waals surface area contributed by atoms with Gasteiger partial charge in [0.05, 0.1) is 0 Å². The highest BCUT2D eigenvalue weighted by molar-refractivity contribution is 7.80. The summed E-state index contributed by atoms with van der Waals surface area (Å²) in [6.45, 7) is 6.44. The Labute approximate surface area is 341 Å². The van der Waals surface area contributed by atoms with Gasteiger partial charge in [0.15, 0.2) is 0 Å². The summed E-state index contributed by atoms with van der Waals surface area (Å²) in [6.07, 6.45) is 16.4. The summed E-state index contributed by atoms with van der Waals surface area (Å²) >= 11 is 23.1. The first-order chi connectivity index (χ1) is 26.5. The summed E-state index contributed by atoms with van der Waals surface area (Å²) in [5.41, 5.74) is 13.9. The van der Waals surface area contributed by atoms with Gasteiger partial charge in [-0.05, 0) is 138 Å². The number of carboxylic acid groups (broad SMARTS) is 1. The van der Waals surface area contributed by atoms with E-state index in [1.165, 1.54) is 22.6 Å². The largest absolute Gasteiger partial charge is 0.478 e. The number of carboxylic acids is 1. The number of hydrogen-bond donors (Lipinski definition) is 5. The van der Waals surface area contributed by atoms with Crippen molar-refractivity contribution in [3.8, 4) is 0 Å². The summed E-state index contributed by atoms with van der Waals surface area (Å²) in [5.74, 6) is -1.24. The molecule has 0 aliphatic carbocycles. The zero-order valence-electron chi connectivity index (χ0n) is 30.1. The number of H-pyrrole nitrogens is 2. The number of carbonyl (C=O) groups is 2. The number of carbonyl (C=O) groups excluding carboxylic acids is 1. The van der Waals surface area contributed by atoms with E-state index in [0.717, 1.165) is 101 Å². The molecule has 55 heavy (non-hydrogen) atoms. The van der Waals surface area contributed by atoms with E-state index in [-0.39, 0.29) is 5.91 Å². The standard InChI is InChI=1S/C21H20ClN3OS.C18H18ClN3S.C3H4O2/c1-2-20(26)25-19-13-16(22)6-3-15(19)5-8-17(27)7-4-14-9-11-23-21-18(14)10-12-24-21;19-14-4-1-13(17(20)11-14)3-6-15(23)5-2-12-7-9-21-18-16(12)8-10-22-18;1-2-3(4)5/h2-3,6,9-13H,1,4-5,7-8H2,(H,23,24)(H,25,26);1,4,7-11H,2-3,5-6,20H2,(H,21,22);2H,1H2,(H,4,5). The molecule has 0 radical (unpaired) electrons. The van der Waals surface area contributed by atoms with E-state index >= 15 is 0 Å². The molecular weight excluding hydrogens is 772 g/mol. The van der Waals surface area contributed by atoms with Crippen LogP contribution in [-0.2, 0) is 35.3 Å². The molecule has 0 aliphatic heterocycles. The van der Waals surface area contributed by atoms with Crippen LogP contribution in [0.15, 0.2) is 111 Å². The van der Waals surface area contributed by atoms with Gasteiger partial charge >= 0.3 is 5.97 Å². The van der Waals surface area contributed by atoms with Crippen molar-refractivity contribution in [1.29, 1.82) is 0 Å². The van der Waals surface area contributed by atoms with Gasteiger partial charge in [0.25, 0.3) is 0 Å². The number of aliphatic carboxylic acids is 1. The van der Waals surface area contributed by atoms with Crippen LogP contribution in [0.1, 0.15) is 47.9 Å². The molecule has 0 saturated carbocycles. The number of nitrogens with one attached hydrogen (secondary N) is 3. The maximum atomic E-state index is 11.6. The third-order valence-corrected chi connectivity index (χ3v) is 9.88. The highest BCUT2D eigenvalue weighted by atomic mass is 35.5. The molecule has 0 bridgehead atoms. The van der Waals surface area contributed by atoms with Gasteiger partial charge in [-0.1, -0.05) is 72.9 Å². The van der Waals surface area contributed by atoms with E-state index in [9.17, 15) is 9.59 Å². The molecule has 0 spiro atoms. The van der Waals surface area contributed by atoms with Gasteiger partial charge in [0.1, 0.15) is 11.3 Å². The number of benzene rings is 2. The Bertz CT molecular complexity index is 2300. The third-order valence-electron chi connectivity index (χ3n) is 8.59. The predicted molar refractivity (Wildman–Crippen MR) is 235 cm³/mol. The fourth-order valence-electron chi connectivity index (χ4n) is 5.68. The number of hydrogen-bond acceptors (Lipinski definition) is 7. The fourth-order valence-corrected chi connectivity index (χ4v) is 6.44. The van der Waals surface area contributed by atoms with Crippen LogP contribution in [0.3, 0.4) is 0 Å². The van der Waals surface area contributed by atoms with Crippen LogP contribution in [0.4, 0.5) is 11.4 Å². The first-order valence-corrected chi connectivity index (χ1v) is 19.0. The Morgan fingerprint density at radius 3 is 1.64 bits per heavy atom. The number of nitrogen functional groups attached to an aromatic ring is 1. The molecule has 6 rings (SSSR count). The number of aromatic amines is 2. The number of halogens is 2. The number of rotatable bonds is 15. The number of aryl methyl sites for hydroxylation is 4. The molecule has 0 unspecified atom stereocenters. The summed E-state index contributed by atoms with van der Waals surface area (Å²) in [5, 5.41) is 14.0. The lowest BCUT2D eigenvalue weighted by Gasteiger charge is -2.11. The summed E-state index contributed by atoms with van der Waals surface area (Å²) in [4.78, 5) is 37.8. The maximum Gasteiger partial charge on any atom is 0.327 e.